The van der Waals surface area contributed by atoms with Crippen molar-refractivity contribution in [3.05, 3.63) is 0 Å². The van der Waals surface area contributed by atoms with E-state index in [0.29, 0.717) is 6.42 Å². The number of nitrogens with zero attached hydrogens (tertiary/aromatic N) is 1. The Hall–Kier alpha value is -1.11. The molecule has 0 aliphatic carbocycles. The molecule has 0 rings (SSSR count). The number of aliphatic imine (C=N–C) groups is 1. The van der Waals surface area contributed by atoms with E-state index in [4.69, 9.17) is 21.5 Å². The minimum absolute atomic E-state index is 0.0665. The summed E-state index contributed by atoms with van der Waals surface area (Å²) < 4.78 is 11.0. The fraction of sp³-hybridized carbons (Fsp3) is 0.714. The SMILES string of the molecule is CP(=O)(O)N[C@@H](CCCN=C(N)N)C(=O)O. The highest BCUT2D eigenvalue weighted by atomic mass is 31.2. The van der Waals surface area contributed by atoms with Crippen molar-refractivity contribution in [1.82, 2.24) is 5.09 Å². The fourth-order valence-corrected chi connectivity index (χ4v) is 1.85. The molecular weight excluding hydrogens is 235 g/mol. The van der Waals surface area contributed by atoms with Crippen molar-refractivity contribution in [3.8, 4) is 0 Å². The van der Waals surface area contributed by atoms with E-state index in [9.17, 15) is 9.36 Å². The number of hydrogen-bond acceptors (Lipinski definition) is 3. The summed E-state index contributed by atoms with van der Waals surface area (Å²) in [6.45, 7) is 1.33. The first kappa shape index (κ1) is 14.9. The lowest BCUT2D eigenvalue weighted by Gasteiger charge is -2.15. The molecule has 0 aromatic heterocycles. The predicted octanol–water partition coefficient (Wildman–Crippen LogP) is -1.10. The smallest absolute Gasteiger partial charge is 0.321 e. The van der Waals surface area contributed by atoms with Crippen LogP contribution < -0.4 is 16.6 Å². The number of carbonyl (C=O) groups is 1. The van der Waals surface area contributed by atoms with Gasteiger partial charge in [-0.2, -0.15) is 0 Å². The van der Waals surface area contributed by atoms with Gasteiger partial charge in [0.15, 0.2) is 5.96 Å². The second-order valence-corrected chi connectivity index (χ2v) is 5.36. The van der Waals surface area contributed by atoms with Gasteiger partial charge in [-0.05, 0) is 12.8 Å². The van der Waals surface area contributed by atoms with Crippen molar-refractivity contribution >= 4 is 19.4 Å². The number of carboxylic acids is 1. The van der Waals surface area contributed by atoms with Crippen LogP contribution in [0.15, 0.2) is 4.99 Å². The third-order valence-electron chi connectivity index (χ3n) is 1.64. The van der Waals surface area contributed by atoms with E-state index in [-0.39, 0.29) is 18.9 Å². The summed E-state index contributed by atoms with van der Waals surface area (Å²) in [6, 6.07) is -1.07. The Bertz CT molecular complexity index is 310. The van der Waals surface area contributed by atoms with Gasteiger partial charge in [-0.3, -0.25) is 14.4 Å². The Balaban J connectivity index is 4.11. The van der Waals surface area contributed by atoms with Gasteiger partial charge in [0.25, 0.3) is 7.52 Å². The van der Waals surface area contributed by atoms with Crippen LogP contribution in [0.3, 0.4) is 0 Å². The van der Waals surface area contributed by atoms with Crippen LogP contribution >= 0.6 is 7.52 Å². The number of aliphatic carboxylic acids is 1. The van der Waals surface area contributed by atoms with Crippen molar-refractivity contribution in [2.75, 3.05) is 13.2 Å². The van der Waals surface area contributed by atoms with Crippen LogP contribution in [0.5, 0.6) is 0 Å². The van der Waals surface area contributed by atoms with Gasteiger partial charge in [0.05, 0.1) is 0 Å². The van der Waals surface area contributed by atoms with Crippen molar-refractivity contribution in [2.24, 2.45) is 16.5 Å². The van der Waals surface area contributed by atoms with Gasteiger partial charge in [-0.1, -0.05) is 0 Å². The molecule has 0 spiro atoms. The van der Waals surface area contributed by atoms with E-state index in [1.165, 1.54) is 0 Å². The summed E-state index contributed by atoms with van der Waals surface area (Å²) in [7, 11) is -3.56. The van der Waals surface area contributed by atoms with E-state index in [1.807, 2.05) is 0 Å². The van der Waals surface area contributed by atoms with Gasteiger partial charge in [0.2, 0.25) is 0 Å². The maximum atomic E-state index is 11.0. The first-order valence-corrected chi connectivity index (χ1v) is 6.69. The van der Waals surface area contributed by atoms with Crippen molar-refractivity contribution in [1.29, 1.82) is 0 Å². The van der Waals surface area contributed by atoms with Crippen LogP contribution in [-0.2, 0) is 9.36 Å². The molecule has 0 aliphatic rings. The molecule has 0 aromatic carbocycles. The van der Waals surface area contributed by atoms with Crippen LogP contribution in [0.2, 0.25) is 0 Å². The molecule has 9 heteroatoms. The lowest BCUT2D eigenvalue weighted by Crippen LogP contribution is -2.34. The molecule has 0 heterocycles. The lowest BCUT2D eigenvalue weighted by molar-refractivity contribution is -0.139. The number of nitrogens with one attached hydrogen (secondary N) is 1. The zero-order valence-corrected chi connectivity index (χ0v) is 9.85. The number of carboxylic acid groups (broad SMARTS) is 1. The second kappa shape index (κ2) is 6.47. The molecule has 8 nitrogen and oxygen atoms in total. The maximum Gasteiger partial charge on any atom is 0.321 e. The monoisotopic (exact) mass is 252 g/mol. The van der Waals surface area contributed by atoms with E-state index < -0.39 is 19.5 Å². The summed E-state index contributed by atoms with van der Waals surface area (Å²) in [5.41, 5.74) is 10.2. The van der Waals surface area contributed by atoms with Crippen molar-refractivity contribution in [2.45, 2.75) is 18.9 Å². The van der Waals surface area contributed by atoms with Gasteiger partial charge >= 0.3 is 5.97 Å². The molecular formula is C7H17N4O4P. The maximum absolute atomic E-state index is 11.0. The zero-order valence-electron chi connectivity index (χ0n) is 8.96. The average molecular weight is 252 g/mol. The summed E-state index contributed by atoms with van der Waals surface area (Å²) in [5.74, 6) is -1.25. The summed E-state index contributed by atoms with van der Waals surface area (Å²) in [5, 5.41) is 10.9. The molecule has 94 valence electrons. The van der Waals surface area contributed by atoms with E-state index in [0.717, 1.165) is 6.66 Å². The van der Waals surface area contributed by atoms with Crippen LogP contribution in [-0.4, -0.2) is 41.2 Å². The molecule has 0 aromatic rings. The second-order valence-electron chi connectivity index (χ2n) is 3.35. The third kappa shape index (κ3) is 8.22. The minimum atomic E-state index is -3.56. The van der Waals surface area contributed by atoms with E-state index in [2.05, 4.69) is 10.1 Å². The first-order chi connectivity index (χ1) is 7.22. The lowest BCUT2D eigenvalue weighted by atomic mass is 10.2. The number of nitrogens with two attached hydrogens (primary N) is 2. The molecule has 0 fully saturated rings. The normalized spacial score (nSPS) is 16.1. The van der Waals surface area contributed by atoms with Crippen LogP contribution in [0.4, 0.5) is 0 Å². The van der Waals surface area contributed by atoms with Crippen molar-refractivity contribution in [3.63, 3.8) is 0 Å². The Morgan fingerprint density at radius 3 is 2.50 bits per heavy atom. The fourth-order valence-electron chi connectivity index (χ4n) is 1.04. The molecule has 1 unspecified atom stereocenters. The molecule has 0 radical (unpaired) electrons. The van der Waals surface area contributed by atoms with Gasteiger partial charge in [0, 0.05) is 13.2 Å². The zero-order chi connectivity index (χ0) is 12.8. The Labute approximate surface area is 93.2 Å². The largest absolute Gasteiger partial charge is 0.480 e. The topological polar surface area (TPSA) is 151 Å². The predicted molar refractivity (Wildman–Crippen MR) is 60.2 cm³/mol. The van der Waals surface area contributed by atoms with E-state index in [1.54, 1.807) is 0 Å². The highest BCUT2D eigenvalue weighted by molar-refractivity contribution is 7.55. The molecule has 7 N–H and O–H groups in total. The van der Waals surface area contributed by atoms with Crippen molar-refractivity contribution < 1.29 is 19.4 Å². The summed E-state index contributed by atoms with van der Waals surface area (Å²) in [6.07, 6.45) is 0.576. The van der Waals surface area contributed by atoms with Gasteiger partial charge in [-0.15, -0.1) is 0 Å². The Kier molecular flexibility index (Phi) is 6.02. The molecule has 16 heavy (non-hydrogen) atoms. The molecule has 0 saturated carbocycles. The third-order valence-corrected chi connectivity index (χ3v) is 2.43. The Morgan fingerprint density at radius 2 is 2.12 bits per heavy atom. The highest BCUT2D eigenvalue weighted by Gasteiger charge is 2.23. The highest BCUT2D eigenvalue weighted by Crippen LogP contribution is 2.30. The Morgan fingerprint density at radius 1 is 1.56 bits per heavy atom. The number of rotatable bonds is 7. The standard InChI is InChI=1S/C7H17N4O4P/c1-16(14,15)11-5(6(12)13)3-2-4-10-7(8)9/h5H,2-4H2,1H3,(H,12,13)(H4,8,9,10)(H2,11,14,15)/t5-/m0/s1. The van der Waals surface area contributed by atoms with Crippen LogP contribution in [0.25, 0.3) is 0 Å². The quantitative estimate of drug-likeness (QED) is 0.167. The summed E-state index contributed by atoms with van der Waals surface area (Å²) >= 11 is 0. The van der Waals surface area contributed by atoms with Crippen LogP contribution in [0.1, 0.15) is 12.8 Å². The number of hydrogen-bond donors (Lipinski definition) is 5. The van der Waals surface area contributed by atoms with Crippen LogP contribution in [0, 0.1) is 0 Å². The van der Waals surface area contributed by atoms with Gasteiger partial charge in [-0.25, -0.2) is 5.09 Å². The molecule has 0 bridgehead atoms. The number of guanidine groups is 1. The molecule has 0 saturated heterocycles. The molecule has 2 atom stereocenters. The minimum Gasteiger partial charge on any atom is -0.480 e. The summed E-state index contributed by atoms with van der Waals surface area (Å²) in [4.78, 5) is 23.4. The molecule has 0 aliphatic heterocycles. The molecule has 0 amide bonds. The van der Waals surface area contributed by atoms with Gasteiger partial charge in [0.1, 0.15) is 6.04 Å². The first-order valence-electron chi connectivity index (χ1n) is 4.58. The van der Waals surface area contributed by atoms with Gasteiger partial charge < -0.3 is 21.5 Å². The average Bonchev–Trinajstić information content (AvgIpc) is 2.07. The van der Waals surface area contributed by atoms with E-state index >= 15 is 0 Å².